The molecule has 0 fully saturated rings. The Morgan fingerprint density at radius 3 is 1.81 bits per heavy atom. The van der Waals surface area contributed by atoms with E-state index in [-0.39, 0.29) is 35.4 Å². The van der Waals surface area contributed by atoms with Gasteiger partial charge in [0.2, 0.25) is 0 Å². The number of hydrogen-bond donors (Lipinski definition) is 0. The zero-order valence-electron chi connectivity index (χ0n) is 35.5. The van der Waals surface area contributed by atoms with E-state index in [1.165, 1.54) is 5.39 Å². The summed E-state index contributed by atoms with van der Waals surface area (Å²) in [5, 5.41) is 6.35. The molecule has 1 aromatic heterocycles. The smallest absolute Gasteiger partial charge is 0.0645 e. The Hall–Kier alpha value is -7.68. The Bertz CT molecular complexity index is 3490. The summed E-state index contributed by atoms with van der Waals surface area (Å²) in [4.78, 5) is 1.92. The summed E-state index contributed by atoms with van der Waals surface area (Å²) in [5.41, 5.74) is 9.74. The van der Waals surface area contributed by atoms with Crippen LogP contribution in [0.2, 0.25) is 0 Å². The van der Waals surface area contributed by atoms with Crippen molar-refractivity contribution in [3.8, 4) is 39.1 Å². The highest BCUT2D eigenvalue weighted by Gasteiger charge is 2.21. The first-order valence-corrected chi connectivity index (χ1v) is 19.6. The van der Waals surface area contributed by atoms with E-state index in [2.05, 4.69) is 120 Å². The molecule has 10 aromatic carbocycles. The average Bonchev–Trinajstić information content (AvgIpc) is 3.67. The van der Waals surface area contributed by atoms with Crippen molar-refractivity contribution in [2.75, 3.05) is 4.90 Å². The molecule has 0 saturated carbocycles. The van der Waals surface area contributed by atoms with Gasteiger partial charge in [-0.15, -0.1) is 0 Å². The number of aromatic nitrogens is 1. The van der Waals surface area contributed by atoms with Crippen LogP contribution in [0.3, 0.4) is 0 Å². The van der Waals surface area contributed by atoms with E-state index in [9.17, 15) is 5.48 Å². The molecule has 1 heterocycles. The number of para-hydroxylation sites is 3. The van der Waals surface area contributed by atoms with Crippen molar-refractivity contribution in [3.05, 3.63) is 230 Å². The lowest BCUT2D eigenvalue weighted by atomic mass is 9.96. The van der Waals surface area contributed by atoms with Crippen LogP contribution in [0, 0.1) is 0 Å². The number of fused-ring (bicyclic) bond motifs is 5. The molecule has 0 atom stereocenters. The third-order valence-electron chi connectivity index (χ3n) is 11.2. The maximum absolute atomic E-state index is 9.79. The van der Waals surface area contributed by atoms with Crippen molar-refractivity contribution in [2.24, 2.45) is 0 Å². The molecule has 58 heavy (non-hydrogen) atoms. The van der Waals surface area contributed by atoms with Gasteiger partial charge in [0.15, 0.2) is 0 Å². The number of anilines is 3. The number of rotatable bonds is 7. The quantitative estimate of drug-likeness (QED) is 0.158. The fraction of sp³-hybridized carbons (Fsp3) is 0. The molecular formula is C56H38N2. The first-order valence-electron chi connectivity index (χ1n) is 21.6. The fourth-order valence-electron chi connectivity index (χ4n) is 8.55. The van der Waals surface area contributed by atoms with Gasteiger partial charge in [0.1, 0.15) is 0 Å². The first kappa shape index (κ1) is 29.6. The van der Waals surface area contributed by atoms with Gasteiger partial charge in [0, 0.05) is 33.4 Å². The minimum atomic E-state index is -0.124. The van der Waals surface area contributed by atoms with E-state index in [0.717, 1.165) is 71.6 Å². The second-order valence-electron chi connectivity index (χ2n) is 14.6. The van der Waals surface area contributed by atoms with Crippen molar-refractivity contribution in [1.82, 2.24) is 4.57 Å². The molecule has 0 aliphatic heterocycles. The van der Waals surface area contributed by atoms with Crippen LogP contribution < -0.4 is 4.90 Å². The van der Waals surface area contributed by atoms with Crippen LogP contribution in [-0.4, -0.2) is 4.57 Å². The zero-order chi connectivity index (χ0) is 41.9. The zero-order valence-corrected chi connectivity index (χ0v) is 31.5. The summed E-state index contributed by atoms with van der Waals surface area (Å²) in [6.07, 6.45) is 0. The molecule has 0 saturated heterocycles. The monoisotopic (exact) mass is 742 g/mol. The highest BCUT2D eigenvalue weighted by atomic mass is 15.1. The molecule has 0 unspecified atom stereocenters. The molecule has 0 amide bonds. The second kappa shape index (κ2) is 14.1. The van der Waals surface area contributed by atoms with Crippen LogP contribution in [0.15, 0.2) is 230 Å². The van der Waals surface area contributed by atoms with Gasteiger partial charge in [-0.3, -0.25) is 0 Å². The lowest BCUT2D eigenvalue weighted by Crippen LogP contribution is -2.11. The SMILES string of the molecule is [2H]c1c([2H])c(N(c2ccc(-c3ccc4ccccc4c3)cc2)c2ccccc2-c2cccc3c2c2ccccc2n3-c2ccccc2)c([2H])c([2H])c1-c1cccc2ccccc12. The van der Waals surface area contributed by atoms with Crippen molar-refractivity contribution >= 4 is 60.4 Å². The third-order valence-corrected chi connectivity index (χ3v) is 11.2. The molecule has 11 rings (SSSR count). The number of nitrogens with zero attached hydrogens (tertiary/aromatic N) is 2. The Kier molecular flexibility index (Phi) is 7.20. The molecule has 2 heteroatoms. The summed E-state index contributed by atoms with van der Waals surface area (Å²) in [7, 11) is 0. The van der Waals surface area contributed by atoms with Crippen molar-refractivity contribution in [3.63, 3.8) is 0 Å². The van der Waals surface area contributed by atoms with Crippen molar-refractivity contribution in [1.29, 1.82) is 0 Å². The Labute approximate surface area is 343 Å². The van der Waals surface area contributed by atoms with E-state index in [1.807, 2.05) is 95.9 Å². The maximum atomic E-state index is 9.79. The molecule has 11 aromatic rings. The van der Waals surface area contributed by atoms with Crippen LogP contribution in [-0.2, 0) is 0 Å². The highest BCUT2D eigenvalue weighted by molar-refractivity contribution is 6.17. The molecule has 272 valence electrons. The maximum Gasteiger partial charge on any atom is 0.0645 e. The van der Waals surface area contributed by atoms with E-state index in [4.69, 9.17) is 0 Å². The highest BCUT2D eigenvalue weighted by Crippen LogP contribution is 2.46. The van der Waals surface area contributed by atoms with Crippen LogP contribution >= 0.6 is 0 Å². The molecule has 2 nitrogen and oxygen atoms in total. The summed E-state index contributed by atoms with van der Waals surface area (Å²) >= 11 is 0. The summed E-state index contributed by atoms with van der Waals surface area (Å²) in [6, 6.07) is 69.6. The van der Waals surface area contributed by atoms with Crippen LogP contribution in [0.5, 0.6) is 0 Å². The molecule has 0 N–H and O–H groups in total. The van der Waals surface area contributed by atoms with Gasteiger partial charge in [-0.2, -0.15) is 0 Å². The first-order chi connectivity index (χ1) is 30.5. The van der Waals surface area contributed by atoms with Gasteiger partial charge in [0.25, 0.3) is 0 Å². The normalized spacial score (nSPS) is 12.4. The molecule has 0 spiro atoms. The van der Waals surface area contributed by atoms with Gasteiger partial charge in [-0.1, -0.05) is 170 Å². The van der Waals surface area contributed by atoms with E-state index >= 15 is 0 Å². The predicted octanol–water partition coefficient (Wildman–Crippen LogP) is 15.6. The van der Waals surface area contributed by atoms with E-state index < -0.39 is 0 Å². The van der Waals surface area contributed by atoms with Crippen LogP contribution in [0.4, 0.5) is 17.1 Å². The van der Waals surface area contributed by atoms with E-state index in [1.54, 1.807) is 0 Å². The van der Waals surface area contributed by atoms with Crippen LogP contribution in [0.25, 0.3) is 82.4 Å². The van der Waals surface area contributed by atoms with Gasteiger partial charge < -0.3 is 9.47 Å². The average molecular weight is 743 g/mol. The Morgan fingerprint density at radius 2 is 0.966 bits per heavy atom. The molecule has 0 radical (unpaired) electrons. The minimum Gasteiger partial charge on any atom is -0.310 e. The predicted molar refractivity (Wildman–Crippen MR) is 247 cm³/mol. The standard InChI is InChI=1S/C56H38N2/c1-2-18-45(19-3-1)58-54-26-11-9-22-52(54)56-51(24-13-27-55(56)58)50-21-8-10-25-53(50)57(46-34-30-40(31-35-46)44-29-28-39-14-4-5-16-43(39)38-44)47-36-32-42(33-37-47)49-23-12-17-41-15-6-7-20-48(41)49/h1-38H/i32D,33D,36D,37D. The van der Waals surface area contributed by atoms with Gasteiger partial charge >= 0.3 is 0 Å². The minimum absolute atomic E-state index is 0.0966. The number of hydrogen-bond acceptors (Lipinski definition) is 1. The van der Waals surface area contributed by atoms with Crippen LogP contribution in [0.1, 0.15) is 5.48 Å². The van der Waals surface area contributed by atoms with Gasteiger partial charge in [0.05, 0.1) is 22.2 Å². The third kappa shape index (κ3) is 5.74. The summed E-state index contributed by atoms with van der Waals surface area (Å²) in [6.45, 7) is 0. The second-order valence-corrected chi connectivity index (χ2v) is 14.6. The number of benzene rings is 10. The molecule has 0 aliphatic rings. The topological polar surface area (TPSA) is 8.17 Å². The summed E-state index contributed by atoms with van der Waals surface area (Å²) < 4.78 is 41.1. The fourth-order valence-corrected chi connectivity index (χ4v) is 8.55. The molecular weight excluding hydrogens is 701 g/mol. The van der Waals surface area contributed by atoms with Crippen molar-refractivity contribution < 1.29 is 5.48 Å². The lowest BCUT2D eigenvalue weighted by molar-refractivity contribution is 1.18. The van der Waals surface area contributed by atoms with Gasteiger partial charge in [-0.25, -0.2) is 0 Å². The molecule has 0 bridgehead atoms. The molecule has 0 aliphatic carbocycles. The summed E-state index contributed by atoms with van der Waals surface area (Å²) in [5.74, 6) is 0. The Morgan fingerprint density at radius 1 is 0.362 bits per heavy atom. The largest absolute Gasteiger partial charge is 0.310 e. The Balaban J connectivity index is 1.16. The van der Waals surface area contributed by atoms with Gasteiger partial charge in [-0.05, 0) is 110 Å². The van der Waals surface area contributed by atoms with E-state index in [0.29, 0.717) is 11.3 Å². The van der Waals surface area contributed by atoms with Crippen molar-refractivity contribution in [2.45, 2.75) is 0 Å². The lowest BCUT2D eigenvalue weighted by Gasteiger charge is -2.28.